The molecule has 0 aliphatic carbocycles. The van der Waals surface area contributed by atoms with Gasteiger partial charge >= 0.3 is 5.97 Å². The van der Waals surface area contributed by atoms with E-state index in [0.29, 0.717) is 29.9 Å². The summed E-state index contributed by atoms with van der Waals surface area (Å²) < 4.78 is 19.7. The summed E-state index contributed by atoms with van der Waals surface area (Å²) in [4.78, 5) is 25.3. The zero-order chi connectivity index (χ0) is 26.2. The molecule has 2 heterocycles. The van der Waals surface area contributed by atoms with Crippen LogP contribution in [0.2, 0.25) is 18.1 Å². The Hall–Kier alpha value is -2.89. The highest BCUT2D eigenvalue weighted by atomic mass is 28.4. The van der Waals surface area contributed by atoms with Crippen LogP contribution in [0.25, 0.3) is 0 Å². The third kappa shape index (κ3) is 5.68. The molecular weight excluding hydrogens is 460 g/mol. The summed E-state index contributed by atoms with van der Waals surface area (Å²) in [6.45, 7) is 16.6. The molecule has 2 aromatic rings. The number of nitriles is 1. The summed E-state index contributed by atoms with van der Waals surface area (Å²) >= 11 is 0. The number of pyridine rings is 1. The maximum absolute atomic E-state index is 13.3. The van der Waals surface area contributed by atoms with E-state index in [9.17, 15) is 14.9 Å². The second-order valence-electron chi connectivity index (χ2n) is 11.2. The Morgan fingerprint density at radius 3 is 2.49 bits per heavy atom. The van der Waals surface area contributed by atoms with Crippen LogP contribution in [0.3, 0.4) is 0 Å². The summed E-state index contributed by atoms with van der Waals surface area (Å²) in [6, 6.07) is 10.1. The van der Waals surface area contributed by atoms with Gasteiger partial charge in [0.05, 0.1) is 11.6 Å². The molecule has 3 rings (SSSR count). The molecule has 0 N–H and O–H groups in total. The lowest BCUT2D eigenvalue weighted by Crippen LogP contribution is -2.54. The molecule has 8 heteroatoms. The fourth-order valence-corrected chi connectivity index (χ4v) is 5.11. The predicted molar refractivity (Wildman–Crippen MR) is 137 cm³/mol. The first-order valence-electron chi connectivity index (χ1n) is 11.9. The highest BCUT2D eigenvalue weighted by Crippen LogP contribution is 2.43. The lowest BCUT2D eigenvalue weighted by Gasteiger charge is -2.44. The Morgan fingerprint density at radius 2 is 1.91 bits per heavy atom. The number of aromatic nitrogens is 1. The Kier molecular flexibility index (Phi) is 7.35. The number of nitrogens with zero attached hydrogens (tertiary/aromatic N) is 2. The third-order valence-electron chi connectivity index (χ3n) is 7.07. The minimum absolute atomic E-state index is 0.119. The normalized spacial score (nSPS) is 19.3. The van der Waals surface area contributed by atoms with Crippen LogP contribution in [-0.2, 0) is 20.4 Å². The van der Waals surface area contributed by atoms with Gasteiger partial charge in [0.15, 0.2) is 14.4 Å². The molecule has 2 atom stereocenters. The topological polar surface area (TPSA) is 90.5 Å². The number of rotatable bonds is 6. The highest BCUT2D eigenvalue weighted by molar-refractivity contribution is 6.74. The van der Waals surface area contributed by atoms with Crippen molar-refractivity contribution in [3.05, 3.63) is 63.6 Å². The Balaban J connectivity index is 1.98. The van der Waals surface area contributed by atoms with E-state index in [1.807, 2.05) is 19.9 Å². The number of fused-ring (bicyclic) bond motifs is 1. The Labute approximate surface area is 208 Å². The fraction of sp³-hybridized carbons (Fsp3) is 0.519. The number of benzene rings is 1. The maximum Gasteiger partial charge on any atom is 0.303 e. The molecule has 0 fully saturated rings. The van der Waals surface area contributed by atoms with Gasteiger partial charge in [-0.1, -0.05) is 20.8 Å². The third-order valence-corrected chi connectivity index (χ3v) is 11.6. The van der Waals surface area contributed by atoms with Crippen LogP contribution in [0, 0.1) is 11.3 Å². The summed E-state index contributed by atoms with van der Waals surface area (Å²) in [5.74, 6) is 0.0881. The first-order valence-corrected chi connectivity index (χ1v) is 14.8. The molecule has 1 aliphatic heterocycles. The maximum atomic E-state index is 13.3. The lowest BCUT2D eigenvalue weighted by molar-refractivity contribution is -0.163. The van der Waals surface area contributed by atoms with E-state index in [1.165, 1.54) is 6.92 Å². The van der Waals surface area contributed by atoms with Crippen molar-refractivity contribution < 1.29 is 18.7 Å². The van der Waals surface area contributed by atoms with E-state index in [-0.39, 0.29) is 10.6 Å². The molecule has 1 aliphatic rings. The molecule has 1 aromatic heterocycles. The molecule has 1 aromatic carbocycles. The molecule has 7 nitrogen and oxygen atoms in total. The Morgan fingerprint density at radius 1 is 1.23 bits per heavy atom. The number of ether oxygens (including phenoxy) is 2. The minimum atomic E-state index is -1.87. The molecule has 0 saturated carbocycles. The number of esters is 1. The monoisotopic (exact) mass is 496 g/mol. The van der Waals surface area contributed by atoms with Crippen molar-refractivity contribution >= 4 is 14.3 Å². The molecule has 0 saturated heterocycles. The van der Waals surface area contributed by atoms with Crippen molar-refractivity contribution in [3.63, 3.8) is 0 Å². The van der Waals surface area contributed by atoms with Crippen molar-refractivity contribution in [3.8, 4) is 11.8 Å². The number of carbonyl (C=O) groups is 1. The molecule has 0 spiro atoms. The van der Waals surface area contributed by atoms with Gasteiger partial charge in [-0.25, -0.2) is 0 Å². The smallest absolute Gasteiger partial charge is 0.303 e. The summed E-state index contributed by atoms with van der Waals surface area (Å²) in [6.07, 6.45) is 1.59. The second kappa shape index (κ2) is 9.63. The van der Waals surface area contributed by atoms with Gasteiger partial charge in [0.2, 0.25) is 0 Å². The van der Waals surface area contributed by atoms with Crippen molar-refractivity contribution in [2.45, 2.75) is 83.8 Å². The fourth-order valence-electron chi connectivity index (χ4n) is 4.06. The van der Waals surface area contributed by atoms with Gasteiger partial charge in [-0.05, 0) is 68.2 Å². The van der Waals surface area contributed by atoms with Crippen LogP contribution in [0.1, 0.15) is 64.3 Å². The number of carbonyl (C=O) groups excluding carboxylic acids is 1. The van der Waals surface area contributed by atoms with Crippen molar-refractivity contribution in [2.75, 3.05) is 6.61 Å². The predicted octanol–water partition coefficient (Wildman–Crippen LogP) is 4.98. The van der Waals surface area contributed by atoms with Gasteiger partial charge < -0.3 is 18.5 Å². The lowest BCUT2D eigenvalue weighted by atomic mass is 9.85. The largest absolute Gasteiger partial charge is 0.484 e. The quantitative estimate of drug-likeness (QED) is 0.414. The molecule has 188 valence electrons. The summed E-state index contributed by atoms with van der Waals surface area (Å²) in [5.41, 5.74) is 0.832. The van der Waals surface area contributed by atoms with E-state index in [2.05, 4.69) is 39.9 Å². The van der Waals surface area contributed by atoms with Crippen LogP contribution in [0.15, 0.2) is 41.3 Å². The molecule has 0 unspecified atom stereocenters. The zero-order valence-corrected chi connectivity index (χ0v) is 23.0. The first kappa shape index (κ1) is 26.7. The standard InChI is InChI=1S/C27H36N2O5Si/c1-18(30)33-25-24(21-15-20(17-28)9-10-22(21)34-27(25,5)6)29-13-11-19(16-23(29)31)12-14-32-35(7,8)26(2,3)4/h9-11,13,15-16,24-25H,12,14H2,1-8H3/t24-,25+/m0/s1. The SMILES string of the molecule is CC(=O)O[C@@H]1[C@@H](n2ccc(CCO[Si](C)(C)C(C)(C)C)cc2=O)c2cc(C#N)ccc2OC1(C)C. The minimum Gasteiger partial charge on any atom is -0.484 e. The summed E-state index contributed by atoms with van der Waals surface area (Å²) in [5, 5.41) is 9.56. The first-order chi connectivity index (χ1) is 16.2. The zero-order valence-electron chi connectivity index (χ0n) is 22.0. The van der Waals surface area contributed by atoms with Gasteiger partial charge in [0.25, 0.3) is 5.56 Å². The van der Waals surface area contributed by atoms with Crippen molar-refractivity contribution in [1.82, 2.24) is 4.57 Å². The Bertz CT molecular complexity index is 1200. The molecule has 0 bridgehead atoms. The van der Waals surface area contributed by atoms with Gasteiger partial charge in [0.1, 0.15) is 17.4 Å². The van der Waals surface area contributed by atoms with Gasteiger partial charge in [0, 0.05) is 31.4 Å². The highest BCUT2D eigenvalue weighted by Gasteiger charge is 2.47. The molecule has 35 heavy (non-hydrogen) atoms. The van der Waals surface area contributed by atoms with Crippen molar-refractivity contribution in [2.24, 2.45) is 0 Å². The van der Waals surface area contributed by atoms with E-state index < -0.39 is 32.0 Å². The second-order valence-corrected chi connectivity index (χ2v) is 16.0. The molecule has 0 amide bonds. The van der Waals surface area contributed by atoms with E-state index in [1.54, 1.807) is 35.0 Å². The van der Waals surface area contributed by atoms with Gasteiger partial charge in [-0.3, -0.25) is 9.59 Å². The van der Waals surface area contributed by atoms with E-state index >= 15 is 0 Å². The molecule has 0 radical (unpaired) electrons. The molecular formula is C27H36N2O5Si. The van der Waals surface area contributed by atoms with E-state index in [0.717, 1.165) is 5.56 Å². The summed E-state index contributed by atoms with van der Waals surface area (Å²) in [7, 11) is -1.87. The van der Waals surface area contributed by atoms with Crippen LogP contribution in [-0.4, -0.2) is 37.2 Å². The number of hydrogen-bond acceptors (Lipinski definition) is 6. The van der Waals surface area contributed by atoms with Crippen LogP contribution in [0.4, 0.5) is 0 Å². The average molecular weight is 497 g/mol. The number of hydrogen-bond donors (Lipinski definition) is 0. The van der Waals surface area contributed by atoms with E-state index in [4.69, 9.17) is 13.9 Å². The van der Waals surface area contributed by atoms with Crippen LogP contribution in [0.5, 0.6) is 5.75 Å². The van der Waals surface area contributed by atoms with Gasteiger partial charge in [-0.15, -0.1) is 0 Å². The van der Waals surface area contributed by atoms with Crippen LogP contribution < -0.4 is 10.3 Å². The average Bonchev–Trinajstić information content (AvgIpc) is 2.73. The van der Waals surface area contributed by atoms with Gasteiger partial charge in [-0.2, -0.15) is 5.26 Å². The van der Waals surface area contributed by atoms with Crippen LogP contribution >= 0.6 is 0 Å². The van der Waals surface area contributed by atoms with Crippen molar-refractivity contribution in [1.29, 1.82) is 5.26 Å².